The Balaban J connectivity index is 1.31. The average molecular weight is 603 g/mol. The average Bonchev–Trinajstić information content (AvgIpc) is 3.86. The fourth-order valence-corrected chi connectivity index (χ4v) is 6.06. The van der Waals surface area contributed by atoms with Gasteiger partial charge in [0.25, 0.3) is 0 Å². The summed E-state index contributed by atoms with van der Waals surface area (Å²) in [6.45, 7) is 11.5. The van der Waals surface area contributed by atoms with E-state index in [1.165, 1.54) is 18.2 Å². The van der Waals surface area contributed by atoms with Crippen molar-refractivity contribution in [1.82, 2.24) is 14.9 Å². The molecule has 1 saturated carbocycles. The van der Waals surface area contributed by atoms with Gasteiger partial charge in [-0.3, -0.25) is 4.79 Å². The number of fused-ring (bicyclic) bond motifs is 2. The number of hydrogen-bond acceptors (Lipinski definition) is 7. The molecule has 0 radical (unpaired) electrons. The lowest BCUT2D eigenvalue weighted by Crippen LogP contribution is -2.56. The number of allylic oxidation sites excluding steroid dienone is 1. The zero-order valence-electron chi connectivity index (χ0n) is 24.8. The molecule has 1 amide bonds. The molecule has 0 bridgehead atoms. The van der Waals surface area contributed by atoms with Gasteiger partial charge >= 0.3 is 6.01 Å². The van der Waals surface area contributed by atoms with Crippen LogP contribution in [0.15, 0.2) is 48.6 Å². The highest BCUT2D eigenvalue weighted by molar-refractivity contribution is 5.95. The van der Waals surface area contributed by atoms with Crippen LogP contribution in [0.4, 0.5) is 20.3 Å². The first-order chi connectivity index (χ1) is 21.4. The molecule has 11 heteroatoms. The third-order valence-electron chi connectivity index (χ3n) is 8.31. The molecule has 0 spiro atoms. The van der Waals surface area contributed by atoms with Crippen molar-refractivity contribution in [1.29, 1.82) is 0 Å². The molecule has 0 N–H and O–H groups in total. The molecule has 1 saturated heterocycles. The summed E-state index contributed by atoms with van der Waals surface area (Å²) >= 11 is 0. The first kappa shape index (κ1) is 29.8. The minimum absolute atomic E-state index is 0.115. The number of ether oxygens (including phenoxy) is 2. The molecular formula is C33H36F2N6O3. The predicted octanol–water partition coefficient (Wildman–Crippen LogP) is 4.74. The Hall–Kier alpha value is -4.30. The fraction of sp³-hybridized carbons (Fsp3) is 0.455. The number of hydrogen-bond donors (Lipinski definition) is 0. The Morgan fingerprint density at radius 1 is 1.16 bits per heavy atom. The van der Waals surface area contributed by atoms with Gasteiger partial charge in [0.15, 0.2) is 0 Å². The number of piperazine rings is 1. The highest BCUT2D eigenvalue weighted by atomic mass is 19.1. The number of anilines is 2. The van der Waals surface area contributed by atoms with Crippen molar-refractivity contribution in [2.24, 2.45) is 0 Å². The second-order valence-electron chi connectivity index (χ2n) is 11.5. The molecule has 3 aromatic rings. The maximum Gasteiger partial charge on any atom is 0.318 e. The van der Waals surface area contributed by atoms with Crippen LogP contribution in [0.2, 0.25) is 0 Å². The van der Waals surface area contributed by atoms with Gasteiger partial charge in [0.1, 0.15) is 31.0 Å². The Bertz CT molecular complexity index is 1580. The Labute approximate surface area is 255 Å². The molecule has 6 rings (SSSR count). The Morgan fingerprint density at radius 2 is 1.98 bits per heavy atom. The summed E-state index contributed by atoms with van der Waals surface area (Å²) in [5.74, 6) is 0.166. The number of carbonyl (C=O) groups excluding carboxylic acids is 1. The van der Waals surface area contributed by atoms with Gasteiger partial charge in [-0.2, -0.15) is 9.97 Å². The molecule has 2 atom stereocenters. The molecular weight excluding hydrogens is 566 g/mol. The Kier molecular flexibility index (Phi) is 8.89. The summed E-state index contributed by atoms with van der Waals surface area (Å²) in [4.78, 5) is 31.9. The van der Waals surface area contributed by atoms with E-state index >= 15 is 4.39 Å². The lowest BCUT2D eigenvalue weighted by atomic mass is 10.0. The van der Waals surface area contributed by atoms with Crippen molar-refractivity contribution in [3.8, 4) is 6.01 Å². The third-order valence-corrected chi connectivity index (χ3v) is 8.31. The SMILES string of the molecule is [C-]#[N+]C[C@H]1CN(c2nc(OC[C@H](C)OC3CC3)nc3c2CCN(c2cccc4cccc(F)c24)C3)CCN1C(=O)/C=C/CF. The zero-order valence-corrected chi connectivity index (χ0v) is 24.8. The molecule has 3 aliphatic rings. The number of amides is 1. The fourth-order valence-electron chi connectivity index (χ4n) is 6.06. The van der Waals surface area contributed by atoms with Crippen LogP contribution >= 0.6 is 0 Å². The van der Waals surface area contributed by atoms with Crippen molar-refractivity contribution >= 4 is 28.2 Å². The van der Waals surface area contributed by atoms with E-state index in [0.29, 0.717) is 57.2 Å². The molecule has 1 aromatic heterocycles. The van der Waals surface area contributed by atoms with Crippen LogP contribution in [0, 0.1) is 12.4 Å². The number of aromatic nitrogens is 2. The lowest BCUT2D eigenvalue weighted by Gasteiger charge is -2.41. The molecule has 9 nitrogen and oxygen atoms in total. The van der Waals surface area contributed by atoms with E-state index < -0.39 is 6.67 Å². The van der Waals surface area contributed by atoms with Gasteiger partial charge in [0.05, 0.1) is 24.4 Å². The second-order valence-corrected chi connectivity index (χ2v) is 11.5. The lowest BCUT2D eigenvalue weighted by molar-refractivity contribution is -0.128. The molecule has 3 heterocycles. The first-order valence-electron chi connectivity index (χ1n) is 15.2. The largest absolute Gasteiger partial charge is 0.461 e. The minimum atomic E-state index is -0.720. The van der Waals surface area contributed by atoms with Crippen LogP contribution in [-0.2, 0) is 22.5 Å². The number of alkyl halides is 1. The number of benzene rings is 2. The maximum absolute atomic E-state index is 15.0. The minimum Gasteiger partial charge on any atom is -0.461 e. The van der Waals surface area contributed by atoms with Crippen LogP contribution in [-0.4, -0.2) is 85.0 Å². The standard InChI is InChI=1S/C33H36F2N6O3/c1-22(44-25-11-12-25)21-43-33-37-28-20-39(29-9-4-7-23-6-3-8-27(35)31(23)29)15-13-26(28)32(38-33)40-16-17-41(24(19-40)18-36-2)30(42)10-5-14-34/h3-10,22,24-25H,11-21H2,1H3/b10-5+/t22-,24-/m0/s1. The quantitative estimate of drug-likeness (QED) is 0.245. The van der Waals surface area contributed by atoms with Crippen molar-refractivity contribution in [2.75, 3.05) is 55.8 Å². The molecule has 2 fully saturated rings. The van der Waals surface area contributed by atoms with Crippen LogP contribution in [0.5, 0.6) is 6.01 Å². The van der Waals surface area contributed by atoms with Crippen LogP contribution in [0.1, 0.15) is 31.0 Å². The summed E-state index contributed by atoms with van der Waals surface area (Å²) in [5, 5.41) is 1.42. The van der Waals surface area contributed by atoms with Gasteiger partial charge in [-0.25, -0.2) is 15.4 Å². The van der Waals surface area contributed by atoms with E-state index in [1.54, 1.807) is 11.0 Å². The van der Waals surface area contributed by atoms with Crippen molar-refractivity contribution in [3.05, 3.63) is 77.0 Å². The summed E-state index contributed by atoms with van der Waals surface area (Å²) in [5.41, 5.74) is 2.59. The summed E-state index contributed by atoms with van der Waals surface area (Å²) in [6, 6.07) is 10.8. The maximum atomic E-state index is 15.0. The predicted molar refractivity (Wildman–Crippen MR) is 164 cm³/mol. The highest BCUT2D eigenvalue weighted by Gasteiger charge is 2.35. The molecule has 2 aliphatic heterocycles. The van der Waals surface area contributed by atoms with Gasteiger partial charge in [0, 0.05) is 48.9 Å². The van der Waals surface area contributed by atoms with Crippen molar-refractivity contribution in [2.45, 2.75) is 51.0 Å². The smallest absolute Gasteiger partial charge is 0.318 e. The zero-order chi connectivity index (χ0) is 30.6. The Morgan fingerprint density at radius 3 is 2.75 bits per heavy atom. The van der Waals surface area contributed by atoms with Gasteiger partial charge in [-0.05, 0) is 49.8 Å². The van der Waals surface area contributed by atoms with Gasteiger partial charge in [-0.1, -0.05) is 24.3 Å². The molecule has 1 aliphatic carbocycles. The van der Waals surface area contributed by atoms with Gasteiger partial charge in [0.2, 0.25) is 12.5 Å². The number of rotatable bonds is 10. The van der Waals surface area contributed by atoms with E-state index in [4.69, 9.17) is 26.0 Å². The summed E-state index contributed by atoms with van der Waals surface area (Å²) in [6.07, 6.45) is 5.37. The highest BCUT2D eigenvalue weighted by Crippen LogP contribution is 2.36. The third kappa shape index (κ3) is 6.45. The van der Waals surface area contributed by atoms with Crippen molar-refractivity contribution < 1.29 is 23.0 Å². The normalized spacial score (nSPS) is 19.2. The van der Waals surface area contributed by atoms with Gasteiger partial charge in [-0.15, -0.1) is 0 Å². The molecule has 2 aromatic carbocycles. The van der Waals surface area contributed by atoms with Crippen LogP contribution in [0.25, 0.3) is 15.6 Å². The summed E-state index contributed by atoms with van der Waals surface area (Å²) < 4.78 is 39.8. The topological polar surface area (TPSA) is 75.4 Å². The first-order valence-corrected chi connectivity index (χ1v) is 15.2. The summed E-state index contributed by atoms with van der Waals surface area (Å²) in [7, 11) is 0. The second kappa shape index (κ2) is 13.1. The van der Waals surface area contributed by atoms with Crippen molar-refractivity contribution in [3.63, 3.8) is 0 Å². The monoisotopic (exact) mass is 602 g/mol. The van der Waals surface area contributed by atoms with E-state index in [9.17, 15) is 9.18 Å². The van der Waals surface area contributed by atoms with Crippen LogP contribution in [0.3, 0.4) is 0 Å². The molecule has 44 heavy (non-hydrogen) atoms. The molecule has 230 valence electrons. The van der Waals surface area contributed by atoms with E-state index in [0.717, 1.165) is 41.0 Å². The number of carbonyl (C=O) groups is 1. The number of halogens is 2. The van der Waals surface area contributed by atoms with Crippen LogP contribution < -0.4 is 14.5 Å². The van der Waals surface area contributed by atoms with E-state index in [1.807, 2.05) is 31.2 Å². The molecule has 0 unspecified atom stereocenters. The number of nitrogens with zero attached hydrogens (tertiary/aromatic N) is 6. The van der Waals surface area contributed by atoms with Gasteiger partial charge < -0.3 is 29.0 Å². The van der Waals surface area contributed by atoms with E-state index in [2.05, 4.69) is 14.6 Å². The van der Waals surface area contributed by atoms with E-state index in [-0.39, 0.29) is 36.4 Å².